The monoisotopic (exact) mass is 808 g/mol. The lowest BCUT2D eigenvalue weighted by atomic mass is 9.79. The Hall–Kier alpha value is -3.50. The van der Waals surface area contributed by atoms with Gasteiger partial charge in [-0.05, 0) is 118 Å². The number of rotatable bonds is 12. The molecule has 14 heteroatoms. The van der Waals surface area contributed by atoms with Gasteiger partial charge < -0.3 is 14.4 Å². The molecule has 1 fully saturated rings. The third-order valence-corrected chi connectivity index (χ3v) is 15.0. The number of thiophene rings is 2. The molecule has 0 amide bonds. The van der Waals surface area contributed by atoms with Crippen molar-refractivity contribution in [2.45, 2.75) is 83.5 Å². The zero-order valence-electron chi connectivity index (χ0n) is 31.9. The molecule has 9 nitrogen and oxygen atoms in total. The van der Waals surface area contributed by atoms with Crippen LogP contribution < -0.4 is 14.9 Å². The highest BCUT2D eigenvalue weighted by molar-refractivity contribution is 7.93. The zero-order chi connectivity index (χ0) is 39.5. The first-order chi connectivity index (χ1) is 25.3. The Morgan fingerprint density at radius 3 is 1.37 bits per heavy atom. The van der Waals surface area contributed by atoms with Crippen LogP contribution in [0.3, 0.4) is 0 Å². The second-order valence-electron chi connectivity index (χ2n) is 14.7. The van der Waals surface area contributed by atoms with E-state index in [0.717, 1.165) is 43.0 Å². The van der Waals surface area contributed by atoms with Crippen molar-refractivity contribution in [3.05, 3.63) is 101 Å². The summed E-state index contributed by atoms with van der Waals surface area (Å²) in [4.78, 5) is 1.80. The van der Waals surface area contributed by atoms with E-state index in [1.807, 2.05) is 111 Å². The number of sulfonamides is 2. The van der Waals surface area contributed by atoms with Crippen LogP contribution in [0.2, 0.25) is 0 Å². The number of nitrogens with one attached hydrogen (secondary N) is 2. The van der Waals surface area contributed by atoms with E-state index < -0.39 is 37.7 Å². The van der Waals surface area contributed by atoms with Crippen LogP contribution >= 0.6 is 22.7 Å². The summed E-state index contributed by atoms with van der Waals surface area (Å²) in [7, 11) is -7.17. The van der Waals surface area contributed by atoms with Crippen LogP contribution in [0.1, 0.15) is 61.0 Å². The molecule has 1 saturated heterocycles. The van der Waals surface area contributed by atoms with Gasteiger partial charge in [0.05, 0.1) is 42.8 Å². The molecular formula is C40H49BN2O7S4. The van der Waals surface area contributed by atoms with Crippen molar-refractivity contribution in [1.82, 2.24) is 0 Å². The molecule has 0 aliphatic carbocycles. The van der Waals surface area contributed by atoms with Gasteiger partial charge in [-0.15, -0.1) is 22.7 Å². The topological polar surface area (TPSA) is 131 Å². The lowest BCUT2D eigenvalue weighted by molar-refractivity contribution is 0.00578. The van der Waals surface area contributed by atoms with E-state index in [4.69, 9.17) is 14.4 Å². The van der Waals surface area contributed by atoms with Gasteiger partial charge in [-0.3, -0.25) is 9.44 Å². The third kappa shape index (κ3) is 9.65. The van der Waals surface area contributed by atoms with Crippen molar-refractivity contribution in [1.29, 1.82) is 0 Å². The fourth-order valence-electron chi connectivity index (χ4n) is 5.35. The van der Waals surface area contributed by atoms with Crippen LogP contribution in [0.25, 0.3) is 32.0 Å². The van der Waals surface area contributed by atoms with Crippen LogP contribution in [0.4, 0.5) is 11.4 Å². The largest absolute Gasteiger partial charge is 0.494 e. The Balaban J connectivity index is 0.000000208. The van der Waals surface area contributed by atoms with Crippen molar-refractivity contribution in [3.63, 3.8) is 0 Å². The maximum atomic E-state index is 12.2. The highest BCUT2D eigenvalue weighted by Gasteiger charge is 2.51. The Morgan fingerprint density at radius 2 is 0.981 bits per heavy atom. The molecule has 2 aromatic heterocycles. The lowest BCUT2D eigenvalue weighted by Crippen LogP contribution is -2.41. The van der Waals surface area contributed by atoms with Crippen molar-refractivity contribution in [2.75, 3.05) is 16.1 Å². The molecule has 1 aliphatic heterocycles. The minimum atomic E-state index is -3.38. The summed E-state index contributed by atoms with van der Waals surface area (Å²) < 4.78 is 66.3. The van der Waals surface area contributed by atoms with E-state index in [2.05, 4.69) is 9.44 Å². The molecule has 3 heterocycles. The standard InChI is InChI=1S/C21H23NO3S2.C19H26BNO4S2/c1-15(2)27(24,25)22-20-12-14-26-21(20)19-9-7-18(8-10-19)17-5-3-16(4-6-17)11-13-23;1-13(2)27(22,23)21-16-11-12-26-17(16)14-7-9-15(10-8-14)20-24-18(3,4)19(5,6)25-20/h3-10,12,14-15,22-23H,11,13H2,1-2H3;7-13,21H,1-6H3. The van der Waals surface area contributed by atoms with Crippen molar-refractivity contribution >= 4 is 66.7 Å². The van der Waals surface area contributed by atoms with Crippen LogP contribution in [0.15, 0.2) is 95.7 Å². The molecule has 54 heavy (non-hydrogen) atoms. The van der Waals surface area contributed by atoms with Gasteiger partial charge in [-0.1, -0.05) is 72.8 Å². The normalized spacial score (nSPS) is 15.3. The molecule has 0 spiro atoms. The van der Waals surface area contributed by atoms with Gasteiger partial charge in [-0.2, -0.15) is 0 Å². The molecule has 5 aromatic rings. The number of aliphatic hydroxyl groups is 1. The average molecular weight is 809 g/mol. The fourth-order valence-corrected chi connectivity index (χ4v) is 8.62. The first-order valence-corrected chi connectivity index (χ1v) is 22.6. The minimum absolute atomic E-state index is 0.151. The Bertz CT molecular complexity index is 2210. The summed E-state index contributed by atoms with van der Waals surface area (Å²) in [5, 5.41) is 11.8. The lowest BCUT2D eigenvalue weighted by Gasteiger charge is -2.32. The number of benzene rings is 3. The van der Waals surface area contributed by atoms with Crippen molar-refractivity contribution in [2.24, 2.45) is 0 Å². The molecule has 0 unspecified atom stereocenters. The van der Waals surface area contributed by atoms with Crippen molar-refractivity contribution < 1.29 is 31.3 Å². The molecule has 288 valence electrons. The summed E-state index contributed by atoms with van der Waals surface area (Å²) >= 11 is 3.02. The number of hydrogen-bond acceptors (Lipinski definition) is 9. The molecule has 0 atom stereocenters. The van der Waals surface area contributed by atoms with E-state index in [0.29, 0.717) is 17.8 Å². The van der Waals surface area contributed by atoms with Gasteiger partial charge in [0.15, 0.2) is 0 Å². The first kappa shape index (κ1) is 41.7. The predicted octanol–water partition coefficient (Wildman–Crippen LogP) is 8.63. The highest BCUT2D eigenvalue weighted by atomic mass is 32.2. The van der Waals surface area contributed by atoms with E-state index in [1.165, 1.54) is 22.7 Å². The smallest absolute Gasteiger partial charge is 0.399 e. The molecule has 3 N–H and O–H groups in total. The second-order valence-corrected chi connectivity index (χ2v) is 21.0. The van der Waals surface area contributed by atoms with Crippen LogP contribution in [-0.2, 0) is 35.8 Å². The maximum Gasteiger partial charge on any atom is 0.494 e. The summed E-state index contributed by atoms with van der Waals surface area (Å²) in [6.07, 6.45) is 0.659. The Labute approximate surface area is 329 Å². The van der Waals surface area contributed by atoms with E-state index in [9.17, 15) is 16.8 Å². The number of anilines is 2. The first-order valence-electron chi connectivity index (χ1n) is 17.8. The van der Waals surface area contributed by atoms with Gasteiger partial charge >= 0.3 is 7.12 Å². The molecule has 6 rings (SSSR count). The molecule has 0 saturated carbocycles. The summed E-state index contributed by atoms with van der Waals surface area (Å²) in [6.45, 7) is 14.9. The predicted molar refractivity (Wildman–Crippen MR) is 227 cm³/mol. The van der Waals surface area contributed by atoms with Gasteiger partial charge in [0.2, 0.25) is 20.0 Å². The SMILES string of the molecule is CC(C)S(=O)(=O)Nc1ccsc1-c1ccc(-c2ccc(CCO)cc2)cc1.CC(C)S(=O)(=O)Nc1ccsc1-c1ccc(B2OC(C)(C)C(C)(C)O2)cc1. The van der Waals surface area contributed by atoms with E-state index in [-0.39, 0.29) is 17.8 Å². The molecule has 0 radical (unpaired) electrons. The van der Waals surface area contributed by atoms with Gasteiger partial charge in [-0.25, -0.2) is 16.8 Å². The molecule has 0 bridgehead atoms. The quantitative estimate of drug-likeness (QED) is 0.108. The highest BCUT2D eigenvalue weighted by Crippen LogP contribution is 2.38. The summed E-state index contributed by atoms with van der Waals surface area (Å²) in [6, 6.07) is 27.7. The summed E-state index contributed by atoms with van der Waals surface area (Å²) in [5.74, 6) is 0. The van der Waals surface area contributed by atoms with Crippen LogP contribution in [0, 0.1) is 0 Å². The third-order valence-electron chi connectivity index (χ3n) is 9.61. The van der Waals surface area contributed by atoms with Gasteiger partial charge in [0.25, 0.3) is 0 Å². The Kier molecular flexibility index (Phi) is 12.9. The average Bonchev–Trinajstić information content (AvgIpc) is 3.82. The Morgan fingerprint density at radius 1 is 0.611 bits per heavy atom. The van der Waals surface area contributed by atoms with E-state index >= 15 is 0 Å². The van der Waals surface area contributed by atoms with Crippen LogP contribution in [0.5, 0.6) is 0 Å². The van der Waals surface area contributed by atoms with Crippen LogP contribution in [-0.4, -0.2) is 57.4 Å². The van der Waals surface area contributed by atoms with Gasteiger partial charge in [0, 0.05) is 6.61 Å². The summed E-state index contributed by atoms with van der Waals surface area (Å²) in [5.41, 5.74) is 6.64. The molecule has 3 aromatic carbocycles. The molecule has 1 aliphatic rings. The maximum absolute atomic E-state index is 12.2. The minimum Gasteiger partial charge on any atom is -0.399 e. The molecular weight excluding hydrogens is 760 g/mol. The van der Waals surface area contributed by atoms with Gasteiger partial charge in [0.1, 0.15) is 0 Å². The number of hydrogen-bond donors (Lipinski definition) is 3. The number of aliphatic hydroxyl groups excluding tert-OH is 1. The second kappa shape index (κ2) is 16.7. The van der Waals surface area contributed by atoms with E-state index in [1.54, 1.807) is 39.8 Å². The zero-order valence-corrected chi connectivity index (χ0v) is 35.2. The van der Waals surface area contributed by atoms with Crippen molar-refractivity contribution in [3.8, 4) is 32.0 Å². The fraction of sp³-hybridized carbons (Fsp3) is 0.350.